The number of aliphatic carboxylic acids is 1. The quantitative estimate of drug-likeness (QED) is 0.778. The highest BCUT2D eigenvalue weighted by Crippen LogP contribution is 2.23. The zero-order valence-electron chi connectivity index (χ0n) is 10.6. The first-order valence-electron chi connectivity index (χ1n) is 6.49. The second kappa shape index (κ2) is 6.12. The molecule has 3 N–H and O–H groups in total. The van der Waals surface area contributed by atoms with Gasteiger partial charge in [0.15, 0.2) is 0 Å². The minimum Gasteiger partial charge on any atom is -0.480 e. The maximum atomic E-state index is 13.7. The Morgan fingerprint density at radius 1 is 1.26 bits per heavy atom. The summed E-state index contributed by atoms with van der Waals surface area (Å²) in [5, 5.41) is 21.7. The lowest BCUT2D eigenvalue weighted by Gasteiger charge is -2.29. The standard InChI is InChI=1S/C14H18FNO3/c15-12-4-2-1-3-11(12)13(14(18)19)16-9-5-7-10(17)8-6-9/h1-4,9-10,13,16-17H,5-8H2,(H,18,19). The summed E-state index contributed by atoms with van der Waals surface area (Å²) in [4.78, 5) is 11.3. The van der Waals surface area contributed by atoms with Crippen molar-refractivity contribution in [3.63, 3.8) is 0 Å². The summed E-state index contributed by atoms with van der Waals surface area (Å²) in [6.07, 6.45) is 2.43. The predicted octanol–water partition coefficient (Wildman–Crippen LogP) is 1.84. The number of halogens is 1. The largest absolute Gasteiger partial charge is 0.480 e. The van der Waals surface area contributed by atoms with Crippen LogP contribution in [0.2, 0.25) is 0 Å². The fraction of sp³-hybridized carbons (Fsp3) is 0.500. The number of benzene rings is 1. The molecule has 4 nitrogen and oxygen atoms in total. The second-order valence-electron chi connectivity index (χ2n) is 4.96. The van der Waals surface area contributed by atoms with Crippen molar-refractivity contribution < 1.29 is 19.4 Å². The van der Waals surface area contributed by atoms with Crippen LogP contribution >= 0.6 is 0 Å². The average Bonchev–Trinajstić information content (AvgIpc) is 2.39. The molecule has 0 aromatic heterocycles. The monoisotopic (exact) mass is 267 g/mol. The zero-order chi connectivity index (χ0) is 13.8. The van der Waals surface area contributed by atoms with E-state index < -0.39 is 17.8 Å². The number of hydrogen-bond donors (Lipinski definition) is 3. The van der Waals surface area contributed by atoms with E-state index in [0.29, 0.717) is 25.7 Å². The molecule has 1 aromatic rings. The first-order chi connectivity index (χ1) is 9.08. The number of carbonyl (C=O) groups is 1. The molecule has 5 heteroatoms. The fourth-order valence-corrected chi connectivity index (χ4v) is 2.48. The number of rotatable bonds is 4. The maximum absolute atomic E-state index is 13.7. The molecular formula is C14H18FNO3. The van der Waals surface area contributed by atoms with E-state index in [2.05, 4.69) is 5.32 Å². The molecule has 1 aromatic carbocycles. The Kier molecular flexibility index (Phi) is 4.50. The molecular weight excluding hydrogens is 249 g/mol. The molecule has 1 aliphatic carbocycles. The summed E-state index contributed by atoms with van der Waals surface area (Å²) in [5.41, 5.74) is 0.154. The summed E-state index contributed by atoms with van der Waals surface area (Å²) < 4.78 is 13.7. The van der Waals surface area contributed by atoms with Crippen LogP contribution in [0.3, 0.4) is 0 Å². The number of aliphatic hydroxyl groups is 1. The third-order valence-corrected chi connectivity index (χ3v) is 3.56. The van der Waals surface area contributed by atoms with Gasteiger partial charge in [-0.1, -0.05) is 18.2 Å². The average molecular weight is 267 g/mol. The zero-order valence-corrected chi connectivity index (χ0v) is 10.6. The number of carboxylic acid groups (broad SMARTS) is 1. The van der Waals surface area contributed by atoms with Crippen LogP contribution in [0.25, 0.3) is 0 Å². The predicted molar refractivity (Wildman–Crippen MR) is 68.2 cm³/mol. The van der Waals surface area contributed by atoms with Crippen LogP contribution in [0.1, 0.15) is 37.3 Å². The van der Waals surface area contributed by atoms with Crippen LogP contribution in [0.5, 0.6) is 0 Å². The van der Waals surface area contributed by atoms with Crippen LogP contribution in [0, 0.1) is 5.82 Å². The fourth-order valence-electron chi connectivity index (χ4n) is 2.48. The van der Waals surface area contributed by atoms with Gasteiger partial charge in [-0.15, -0.1) is 0 Å². The lowest BCUT2D eigenvalue weighted by atomic mass is 9.92. The van der Waals surface area contributed by atoms with Crippen LogP contribution in [-0.4, -0.2) is 28.3 Å². The topological polar surface area (TPSA) is 69.6 Å². The number of nitrogens with one attached hydrogen (secondary N) is 1. The molecule has 0 radical (unpaired) electrons. The van der Waals surface area contributed by atoms with Crippen LogP contribution in [0.4, 0.5) is 4.39 Å². The Labute approximate surface area is 111 Å². The minimum atomic E-state index is -1.09. The summed E-state index contributed by atoms with van der Waals surface area (Å²) in [7, 11) is 0. The summed E-state index contributed by atoms with van der Waals surface area (Å²) >= 11 is 0. The molecule has 1 fully saturated rings. The first kappa shape index (κ1) is 14.0. The molecule has 0 amide bonds. The second-order valence-corrected chi connectivity index (χ2v) is 4.96. The lowest BCUT2D eigenvalue weighted by Crippen LogP contribution is -2.40. The summed E-state index contributed by atoms with van der Waals surface area (Å²) in [5.74, 6) is -1.60. The summed E-state index contributed by atoms with van der Waals surface area (Å²) in [6, 6.07) is 4.87. The molecule has 1 atom stereocenters. The van der Waals surface area contributed by atoms with Gasteiger partial charge < -0.3 is 10.2 Å². The molecule has 0 spiro atoms. The Morgan fingerprint density at radius 2 is 1.89 bits per heavy atom. The number of aliphatic hydroxyl groups excluding tert-OH is 1. The SMILES string of the molecule is O=C(O)C(NC1CCC(O)CC1)c1ccccc1F. The van der Waals surface area contributed by atoms with E-state index in [1.54, 1.807) is 6.07 Å². The molecule has 0 aliphatic heterocycles. The Morgan fingerprint density at radius 3 is 2.47 bits per heavy atom. The number of hydrogen-bond acceptors (Lipinski definition) is 3. The molecule has 2 rings (SSSR count). The molecule has 1 unspecified atom stereocenters. The third kappa shape index (κ3) is 3.52. The van der Waals surface area contributed by atoms with E-state index in [-0.39, 0.29) is 17.7 Å². The smallest absolute Gasteiger partial charge is 0.325 e. The van der Waals surface area contributed by atoms with Gasteiger partial charge in [0.05, 0.1) is 6.10 Å². The highest BCUT2D eigenvalue weighted by Gasteiger charge is 2.28. The molecule has 1 saturated carbocycles. The molecule has 104 valence electrons. The van der Waals surface area contributed by atoms with E-state index >= 15 is 0 Å². The van der Waals surface area contributed by atoms with E-state index in [1.165, 1.54) is 18.2 Å². The number of carboxylic acids is 1. The highest BCUT2D eigenvalue weighted by molar-refractivity contribution is 5.75. The van der Waals surface area contributed by atoms with Crippen molar-refractivity contribution in [3.05, 3.63) is 35.6 Å². The van der Waals surface area contributed by atoms with Crippen LogP contribution in [-0.2, 0) is 4.79 Å². The highest BCUT2D eigenvalue weighted by atomic mass is 19.1. The van der Waals surface area contributed by atoms with Crippen molar-refractivity contribution in [2.24, 2.45) is 0 Å². The van der Waals surface area contributed by atoms with Gasteiger partial charge in [0.1, 0.15) is 11.9 Å². The Hall–Kier alpha value is -1.46. The van der Waals surface area contributed by atoms with E-state index in [9.17, 15) is 19.4 Å². The van der Waals surface area contributed by atoms with Crippen molar-refractivity contribution in [2.45, 2.75) is 43.9 Å². The van der Waals surface area contributed by atoms with Gasteiger partial charge in [-0.25, -0.2) is 4.39 Å². The van der Waals surface area contributed by atoms with Gasteiger partial charge in [0.25, 0.3) is 0 Å². The molecule has 1 aliphatic rings. The Bertz CT molecular complexity index is 444. The van der Waals surface area contributed by atoms with E-state index in [4.69, 9.17) is 0 Å². The van der Waals surface area contributed by atoms with Crippen molar-refractivity contribution in [2.75, 3.05) is 0 Å². The molecule has 0 bridgehead atoms. The van der Waals surface area contributed by atoms with Gasteiger partial charge in [-0.05, 0) is 31.7 Å². The Balaban J connectivity index is 2.09. The van der Waals surface area contributed by atoms with Gasteiger partial charge in [0.2, 0.25) is 0 Å². The molecule has 0 heterocycles. The van der Waals surface area contributed by atoms with Gasteiger partial charge >= 0.3 is 5.97 Å². The van der Waals surface area contributed by atoms with Crippen LogP contribution in [0.15, 0.2) is 24.3 Å². The van der Waals surface area contributed by atoms with Gasteiger partial charge in [-0.3, -0.25) is 10.1 Å². The normalized spacial score (nSPS) is 24.9. The van der Waals surface area contributed by atoms with Gasteiger partial charge in [-0.2, -0.15) is 0 Å². The minimum absolute atomic E-state index is 0.00380. The maximum Gasteiger partial charge on any atom is 0.325 e. The van der Waals surface area contributed by atoms with Crippen molar-refractivity contribution >= 4 is 5.97 Å². The van der Waals surface area contributed by atoms with Crippen molar-refractivity contribution in [1.29, 1.82) is 0 Å². The van der Waals surface area contributed by atoms with E-state index in [0.717, 1.165) is 0 Å². The van der Waals surface area contributed by atoms with E-state index in [1.807, 2.05) is 0 Å². The van der Waals surface area contributed by atoms with Crippen LogP contribution < -0.4 is 5.32 Å². The molecule has 0 saturated heterocycles. The third-order valence-electron chi connectivity index (χ3n) is 3.56. The van der Waals surface area contributed by atoms with Crippen molar-refractivity contribution in [1.82, 2.24) is 5.32 Å². The van der Waals surface area contributed by atoms with Crippen molar-refractivity contribution in [3.8, 4) is 0 Å². The summed E-state index contributed by atoms with van der Waals surface area (Å²) in [6.45, 7) is 0. The molecule has 19 heavy (non-hydrogen) atoms. The lowest BCUT2D eigenvalue weighted by molar-refractivity contribution is -0.140. The first-order valence-corrected chi connectivity index (χ1v) is 6.49. The van der Waals surface area contributed by atoms with Gasteiger partial charge in [0, 0.05) is 11.6 Å².